The lowest BCUT2D eigenvalue weighted by molar-refractivity contribution is 0.106. The summed E-state index contributed by atoms with van der Waals surface area (Å²) in [4.78, 5) is 14.4. The van der Waals surface area contributed by atoms with Crippen molar-refractivity contribution >= 4 is 11.7 Å². The minimum absolute atomic E-state index is 0.0809. The highest BCUT2D eigenvalue weighted by atomic mass is 16.5. The maximum atomic E-state index is 12.4. The smallest absolute Gasteiger partial charge is 0.317 e. The van der Waals surface area contributed by atoms with E-state index in [-0.39, 0.29) is 18.4 Å². The number of anilines is 1. The van der Waals surface area contributed by atoms with E-state index in [4.69, 9.17) is 4.74 Å². The highest BCUT2D eigenvalue weighted by Crippen LogP contribution is 2.18. The number of aliphatic hydroxyl groups excluding tert-OH is 1. The first-order valence-electron chi connectivity index (χ1n) is 14.7. The molecular weight excluding hydrogens is 492 g/mol. The number of rotatable bonds is 17. The number of unbranched alkanes of at least 4 members (excludes halogenated alkanes) is 5. The molecule has 2 amide bonds. The predicted octanol–water partition coefficient (Wildman–Crippen LogP) is 4.91. The molecule has 2 aromatic rings. The molecule has 1 saturated heterocycles. The second-order valence-electron chi connectivity index (χ2n) is 10.5. The van der Waals surface area contributed by atoms with Gasteiger partial charge in [0.15, 0.2) is 0 Å². The van der Waals surface area contributed by atoms with Crippen LogP contribution in [-0.2, 0) is 6.42 Å². The number of phenols is 1. The van der Waals surface area contributed by atoms with E-state index in [1.54, 1.807) is 24.3 Å². The summed E-state index contributed by atoms with van der Waals surface area (Å²) in [6.45, 7) is 6.00. The summed E-state index contributed by atoms with van der Waals surface area (Å²) >= 11 is 0. The summed E-state index contributed by atoms with van der Waals surface area (Å²) in [5.74, 6) is 0.809. The minimum Gasteiger partial charge on any atom is -0.508 e. The number of aliphatic hydroxyl groups is 1. The molecule has 0 unspecified atom stereocenters. The van der Waals surface area contributed by atoms with Crippen LogP contribution in [0.25, 0.3) is 0 Å². The van der Waals surface area contributed by atoms with Crippen molar-refractivity contribution in [3.63, 3.8) is 0 Å². The molecule has 1 heterocycles. The van der Waals surface area contributed by atoms with Gasteiger partial charge in [-0.25, -0.2) is 4.79 Å². The Balaban J connectivity index is 1.23. The van der Waals surface area contributed by atoms with E-state index in [2.05, 4.69) is 47.1 Å². The molecule has 1 aliphatic rings. The summed E-state index contributed by atoms with van der Waals surface area (Å²) < 4.78 is 5.53. The van der Waals surface area contributed by atoms with Gasteiger partial charge in [-0.2, -0.15) is 0 Å². The van der Waals surface area contributed by atoms with E-state index >= 15 is 0 Å². The van der Waals surface area contributed by atoms with Crippen LogP contribution in [0.5, 0.6) is 11.5 Å². The average Bonchev–Trinajstić information content (AvgIpc) is 2.95. The number of aromatic hydroxyl groups is 1. The molecule has 1 aliphatic heterocycles. The molecule has 0 saturated carbocycles. The number of benzene rings is 2. The third kappa shape index (κ3) is 12.2. The molecule has 0 bridgehead atoms. The van der Waals surface area contributed by atoms with Crippen LogP contribution in [0.1, 0.15) is 63.9 Å². The Morgan fingerprint density at radius 1 is 0.974 bits per heavy atom. The zero-order chi connectivity index (χ0) is 27.7. The van der Waals surface area contributed by atoms with Gasteiger partial charge in [0.1, 0.15) is 24.2 Å². The van der Waals surface area contributed by atoms with Crippen LogP contribution in [-0.4, -0.2) is 72.6 Å². The van der Waals surface area contributed by atoms with Gasteiger partial charge in [-0.1, -0.05) is 51.2 Å². The lowest BCUT2D eigenvalue weighted by Gasteiger charge is -2.33. The van der Waals surface area contributed by atoms with Crippen LogP contribution in [0.3, 0.4) is 0 Å². The van der Waals surface area contributed by atoms with Crippen LogP contribution in [0, 0.1) is 0 Å². The number of nitrogens with one attached hydrogen (secondary N) is 3. The molecule has 3 rings (SSSR count). The Labute approximate surface area is 234 Å². The molecule has 0 aromatic heterocycles. The third-order valence-corrected chi connectivity index (χ3v) is 7.16. The molecule has 1 fully saturated rings. The Hall–Kier alpha value is -2.97. The maximum absolute atomic E-state index is 12.4. The van der Waals surface area contributed by atoms with E-state index in [0.717, 1.165) is 57.5 Å². The lowest BCUT2D eigenvalue weighted by Crippen LogP contribution is -2.47. The van der Waals surface area contributed by atoms with Gasteiger partial charge in [-0.3, -0.25) is 0 Å². The van der Waals surface area contributed by atoms with Gasteiger partial charge in [-0.05, 0) is 74.2 Å². The van der Waals surface area contributed by atoms with Gasteiger partial charge in [0.2, 0.25) is 0 Å². The first-order chi connectivity index (χ1) is 19.0. The Bertz CT molecular complexity index is 931. The van der Waals surface area contributed by atoms with Crippen molar-refractivity contribution in [1.82, 2.24) is 15.5 Å². The number of hydrogen-bond donors (Lipinski definition) is 5. The summed E-state index contributed by atoms with van der Waals surface area (Å²) in [5.41, 5.74) is 2.35. The highest BCUT2D eigenvalue weighted by molar-refractivity contribution is 5.74. The van der Waals surface area contributed by atoms with Crippen molar-refractivity contribution < 1.29 is 19.7 Å². The molecule has 216 valence electrons. The molecule has 39 heavy (non-hydrogen) atoms. The fourth-order valence-corrected chi connectivity index (χ4v) is 4.74. The third-order valence-electron chi connectivity index (χ3n) is 7.16. The Morgan fingerprint density at radius 2 is 1.67 bits per heavy atom. The Morgan fingerprint density at radius 3 is 2.38 bits per heavy atom. The number of likely N-dealkylation sites (tertiary alicyclic amines) is 1. The monoisotopic (exact) mass is 540 g/mol. The van der Waals surface area contributed by atoms with Crippen LogP contribution in [0.15, 0.2) is 48.5 Å². The number of amides is 2. The van der Waals surface area contributed by atoms with E-state index in [9.17, 15) is 15.0 Å². The van der Waals surface area contributed by atoms with E-state index < -0.39 is 6.10 Å². The number of nitrogens with zero attached hydrogens (tertiary/aromatic N) is 1. The van der Waals surface area contributed by atoms with E-state index in [0.29, 0.717) is 18.3 Å². The highest BCUT2D eigenvalue weighted by Gasteiger charge is 2.22. The molecule has 0 aliphatic carbocycles. The lowest BCUT2D eigenvalue weighted by atomic mass is 10.0. The molecular formula is C31H48N4O4. The summed E-state index contributed by atoms with van der Waals surface area (Å²) in [5, 5.41) is 29.4. The Kier molecular flexibility index (Phi) is 13.8. The second kappa shape index (κ2) is 17.6. The number of hydrogen-bond acceptors (Lipinski definition) is 6. The summed E-state index contributed by atoms with van der Waals surface area (Å²) in [7, 11) is 0. The number of carbonyl (C=O) groups excluding carboxylic acids is 1. The first kappa shape index (κ1) is 30.6. The number of ether oxygens (including phenoxy) is 1. The molecule has 0 radical (unpaired) electrons. The molecule has 8 heteroatoms. The first-order valence-corrected chi connectivity index (χ1v) is 14.7. The summed E-state index contributed by atoms with van der Waals surface area (Å²) in [6.07, 6.45) is 9.58. The molecule has 0 spiro atoms. The number of urea groups is 1. The van der Waals surface area contributed by atoms with Crippen LogP contribution >= 0.6 is 0 Å². The van der Waals surface area contributed by atoms with Gasteiger partial charge in [-0.15, -0.1) is 0 Å². The van der Waals surface area contributed by atoms with Crippen molar-refractivity contribution in [2.24, 2.45) is 0 Å². The quantitative estimate of drug-likeness (QED) is 0.183. The zero-order valence-electron chi connectivity index (χ0n) is 23.5. The van der Waals surface area contributed by atoms with Crippen molar-refractivity contribution in [2.75, 3.05) is 44.6 Å². The average molecular weight is 541 g/mol. The molecule has 1 atom stereocenters. The van der Waals surface area contributed by atoms with Crippen molar-refractivity contribution in [3.05, 3.63) is 54.1 Å². The van der Waals surface area contributed by atoms with Gasteiger partial charge in [0.25, 0.3) is 0 Å². The van der Waals surface area contributed by atoms with Crippen molar-refractivity contribution in [2.45, 2.75) is 76.9 Å². The van der Waals surface area contributed by atoms with E-state index in [1.807, 2.05) is 4.90 Å². The van der Waals surface area contributed by atoms with Gasteiger partial charge >= 0.3 is 6.03 Å². The van der Waals surface area contributed by atoms with Crippen molar-refractivity contribution in [1.29, 1.82) is 0 Å². The van der Waals surface area contributed by atoms with Crippen LogP contribution in [0.4, 0.5) is 10.5 Å². The molecule has 2 aromatic carbocycles. The minimum atomic E-state index is -0.608. The van der Waals surface area contributed by atoms with Crippen LogP contribution < -0.4 is 20.7 Å². The molecule has 5 N–H and O–H groups in total. The SMILES string of the molecule is CCCCCCCCNC(=O)N1CCC(Nc2ccc(CCNC[C@H](O)COc3ccc(O)cc3)cc2)CC1. The maximum Gasteiger partial charge on any atom is 0.317 e. The van der Waals surface area contributed by atoms with Gasteiger partial charge in [0, 0.05) is 37.9 Å². The fraction of sp³-hybridized carbons (Fsp3) is 0.581. The fourth-order valence-electron chi connectivity index (χ4n) is 4.74. The van der Waals surface area contributed by atoms with Gasteiger partial charge in [0.05, 0.1) is 0 Å². The summed E-state index contributed by atoms with van der Waals surface area (Å²) in [6, 6.07) is 15.4. The number of piperidine rings is 1. The standard InChI is InChI=1S/C31H48N4O4/c1-2-3-4-5-6-7-19-33-31(38)35-21-17-27(18-22-35)34-26-10-8-25(9-11-26)16-20-32-23-29(37)24-39-30-14-12-28(36)13-15-30/h8-15,27,29,32,34,36-37H,2-7,16-24H2,1H3,(H,33,38)/t29-/m0/s1. The van der Waals surface area contributed by atoms with E-state index in [1.165, 1.54) is 37.7 Å². The topological polar surface area (TPSA) is 106 Å². The second-order valence-corrected chi connectivity index (χ2v) is 10.5. The molecule has 8 nitrogen and oxygen atoms in total. The zero-order valence-corrected chi connectivity index (χ0v) is 23.5. The predicted molar refractivity (Wildman–Crippen MR) is 158 cm³/mol. The number of carbonyl (C=O) groups is 1. The largest absolute Gasteiger partial charge is 0.508 e. The van der Waals surface area contributed by atoms with Gasteiger partial charge < -0.3 is 35.8 Å². The van der Waals surface area contributed by atoms with Crippen molar-refractivity contribution in [3.8, 4) is 11.5 Å². The van der Waals surface area contributed by atoms with Crippen LogP contribution in [0.2, 0.25) is 0 Å². The normalized spacial score (nSPS) is 14.7. The number of phenolic OH excluding ortho intramolecular Hbond substituents is 1.